The first-order valence-corrected chi connectivity index (χ1v) is 8.38. The summed E-state index contributed by atoms with van der Waals surface area (Å²) < 4.78 is 16.3. The number of carbonyl (C=O) groups excluding carboxylic acids is 2. The van der Waals surface area contributed by atoms with Crippen molar-refractivity contribution in [3.8, 4) is 0 Å². The first-order chi connectivity index (χ1) is 10.9. The number of ether oxygens (including phenoxy) is 2. The molecule has 1 amide bonds. The number of nitrogens with one attached hydrogen (secondary N) is 1. The largest absolute Gasteiger partial charge is 0.394 e. The molecule has 0 aromatic carbocycles. The summed E-state index contributed by atoms with van der Waals surface area (Å²) in [4.78, 5) is 22.2. The van der Waals surface area contributed by atoms with Gasteiger partial charge in [0.15, 0.2) is 6.29 Å². The Balaban J connectivity index is 2.63. The molecule has 0 radical (unpaired) electrons. The van der Waals surface area contributed by atoms with E-state index in [1.807, 2.05) is 0 Å². The maximum atomic E-state index is 11.3. The van der Waals surface area contributed by atoms with Crippen LogP contribution >= 0.6 is 23.0 Å². The molecule has 134 valence electrons. The van der Waals surface area contributed by atoms with Crippen molar-refractivity contribution in [3.05, 3.63) is 0 Å². The van der Waals surface area contributed by atoms with E-state index in [-0.39, 0.29) is 18.3 Å². The quantitative estimate of drug-likeness (QED) is 0.340. The van der Waals surface area contributed by atoms with Gasteiger partial charge in [-0.2, -0.15) is 0 Å². The minimum Gasteiger partial charge on any atom is -0.394 e. The van der Waals surface area contributed by atoms with Gasteiger partial charge in [-0.05, 0) is 19.8 Å². The van der Waals surface area contributed by atoms with Crippen molar-refractivity contribution in [1.82, 2.24) is 5.32 Å². The minimum atomic E-state index is -1.08. The highest BCUT2D eigenvalue weighted by Gasteiger charge is 2.46. The smallest absolute Gasteiger partial charge is 0.217 e. The molecule has 3 N–H and O–H groups in total. The Morgan fingerprint density at radius 3 is 2.52 bits per heavy atom. The predicted octanol–water partition coefficient (Wildman–Crippen LogP) is 0.0803. The lowest BCUT2D eigenvalue weighted by atomic mass is 9.97. The highest BCUT2D eigenvalue weighted by Crippen LogP contribution is 2.26. The van der Waals surface area contributed by atoms with Gasteiger partial charge in [-0.3, -0.25) is 4.79 Å². The average Bonchev–Trinajstić information content (AvgIpc) is 2.49. The van der Waals surface area contributed by atoms with Crippen molar-refractivity contribution in [1.29, 1.82) is 0 Å². The maximum absolute atomic E-state index is 11.3. The summed E-state index contributed by atoms with van der Waals surface area (Å²) in [6, 6.07) is -0.803. The Bertz CT molecular complexity index is 395. The zero-order valence-electron chi connectivity index (χ0n) is 13.2. The molecule has 1 aliphatic rings. The molecule has 5 unspecified atom stereocenters. The van der Waals surface area contributed by atoms with Gasteiger partial charge in [0.1, 0.15) is 53.1 Å². The molecule has 0 aliphatic carbocycles. The molecule has 23 heavy (non-hydrogen) atoms. The second kappa shape index (κ2) is 10.5. The molecule has 1 fully saturated rings. The molecular formula is C14H24INO7. The van der Waals surface area contributed by atoms with E-state index < -0.39 is 30.6 Å². The highest BCUT2D eigenvalue weighted by molar-refractivity contribution is 14.1. The monoisotopic (exact) mass is 445 g/mol. The van der Waals surface area contributed by atoms with Gasteiger partial charge >= 0.3 is 0 Å². The van der Waals surface area contributed by atoms with E-state index in [0.717, 1.165) is 0 Å². The molecule has 9 heteroatoms. The van der Waals surface area contributed by atoms with E-state index in [9.17, 15) is 19.8 Å². The Hall–Kier alpha value is -0.330. The van der Waals surface area contributed by atoms with Crippen LogP contribution in [-0.2, 0) is 22.1 Å². The third kappa shape index (κ3) is 6.59. The fourth-order valence-corrected chi connectivity index (χ4v) is 3.01. The Kier molecular flexibility index (Phi) is 9.47. The van der Waals surface area contributed by atoms with Crippen LogP contribution in [0.25, 0.3) is 0 Å². The summed E-state index contributed by atoms with van der Waals surface area (Å²) in [6.45, 7) is 2.83. The van der Waals surface area contributed by atoms with Gasteiger partial charge < -0.3 is 32.9 Å². The molecule has 1 saturated heterocycles. The van der Waals surface area contributed by atoms with Crippen molar-refractivity contribution in [2.45, 2.75) is 63.8 Å². The molecule has 0 bridgehead atoms. The summed E-state index contributed by atoms with van der Waals surface area (Å²) in [7, 11) is 0. The summed E-state index contributed by atoms with van der Waals surface area (Å²) in [5.41, 5.74) is 0. The molecule has 8 nitrogen and oxygen atoms in total. The van der Waals surface area contributed by atoms with Crippen molar-refractivity contribution in [2.75, 3.05) is 13.2 Å². The Morgan fingerprint density at radius 1 is 1.30 bits per heavy atom. The van der Waals surface area contributed by atoms with Gasteiger partial charge in [0.25, 0.3) is 0 Å². The number of halogens is 1. The molecule has 0 aromatic heterocycles. The Morgan fingerprint density at radius 2 is 2.00 bits per heavy atom. The molecule has 1 heterocycles. The number of Topliss-reactive ketones (excluding diaryl/α,β-unsaturated/α-hetero) is 1. The topological polar surface area (TPSA) is 114 Å². The lowest BCUT2D eigenvalue weighted by Crippen LogP contribution is -2.64. The third-order valence-electron chi connectivity index (χ3n) is 3.53. The number of rotatable bonds is 9. The van der Waals surface area contributed by atoms with Crippen LogP contribution in [0.5, 0.6) is 0 Å². The normalized spacial score (nSPS) is 30.9. The number of carbonyl (C=O) groups is 2. The standard InChI is InChI=1S/C14H24INO7/c1-8(18)5-3-4-6-21-14-11(16-9(2)19)12(20)13(23-15)10(7-17)22-14/h10-14,17,20H,3-7H2,1-2H3,(H,16,19). The molecule has 0 aromatic rings. The minimum absolute atomic E-state index is 0.118. The van der Waals surface area contributed by atoms with Crippen LogP contribution in [0, 0.1) is 0 Å². The van der Waals surface area contributed by atoms with Gasteiger partial charge in [0, 0.05) is 20.0 Å². The van der Waals surface area contributed by atoms with Gasteiger partial charge in [0.2, 0.25) is 5.91 Å². The Labute approximate surface area is 149 Å². The summed E-state index contributed by atoms with van der Waals surface area (Å²) in [5, 5.41) is 22.3. The van der Waals surface area contributed by atoms with Gasteiger partial charge in [0.05, 0.1) is 6.61 Å². The van der Waals surface area contributed by atoms with E-state index in [1.165, 1.54) is 13.8 Å². The van der Waals surface area contributed by atoms with Gasteiger partial charge in [-0.1, -0.05) is 0 Å². The van der Waals surface area contributed by atoms with Crippen LogP contribution in [0.15, 0.2) is 0 Å². The molecule has 1 rings (SSSR count). The summed E-state index contributed by atoms with van der Waals surface area (Å²) in [5.74, 6) is -0.217. The molecule has 0 saturated carbocycles. The fourth-order valence-electron chi connectivity index (χ4n) is 2.38. The van der Waals surface area contributed by atoms with Crippen LogP contribution in [0.2, 0.25) is 0 Å². The second-order valence-corrected chi connectivity index (χ2v) is 6.03. The number of ketones is 1. The first-order valence-electron chi connectivity index (χ1n) is 7.50. The van der Waals surface area contributed by atoms with Crippen LogP contribution < -0.4 is 5.32 Å². The van der Waals surface area contributed by atoms with Crippen molar-refractivity contribution >= 4 is 34.7 Å². The van der Waals surface area contributed by atoms with Crippen molar-refractivity contribution in [2.24, 2.45) is 0 Å². The van der Waals surface area contributed by atoms with E-state index in [4.69, 9.17) is 12.5 Å². The predicted molar refractivity (Wildman–Crippen MR) is 88.7 cm³/mol. The zero-order valence-corrected chi connectivity index (χ0v) is 15.4. The maximum Gasteiger partial charge on any atom is 0.217 e. The van der Waals surface area contributed by atoms with Crippen molar-refractivity contribution < 1.29 is 32.3 Å². The van der Waals surface area contributed by atoms with Crippen molar-refractivity contribution in [3.63, 3.8) is 0 Å². The molecule has 0 spiro atoms. The number of amides is 1. The summed E-state index contributed by atoms with van der Waals surface area (Å²) in [6.07, 6.45) is -1.69. The number of unbranched alkanes of at least 4 members (excludes halogenated alkanes) is 1. The number of aliphatic hydroxyl groups is 2. The highest BCUT2D eigenvalue weighted by atomic mass is 127. The first kappa shape index (κ1) is 20.7. The lowest BCUT2D eigenvalue weighted by molar-refractivity contribution is -0.261. The van der Waals surface area contributed by atoms with Crippen LogP contribution in [0.1, 0.15) is 33.1 Å². The average molecular weight is 445 g/mol. The van der Waals surface area contributed by atoms with Crippen LogP contribution in [-0.4, -0.2) is 65.8 Å². The van der Waals surface area contributed by atoms with Crippen LogP contribution in [0.3, 0.4) is 0 Å². The van der Waals surface area contributed by atoms with Crippen LogP contribution in [0.4, 0.5) is 0 Å². The fraction of sp³-hybridized carbons (Fsp3) is 0.857. The van der Waals surface area contributed by atoms with Gasteiger partial charge in [-0.15, -0.1) is 0 Å². The number of hydrogen-bond donors (Lipinski definition) is 3. The van der Waals surface area contributed by atoms with E-state index in [0.29, 0.717) is 25.9 Å². The number of aliphatic hydroxyl groups excluding tert-OH is 2. The molecule has 1 aliphatic heterocycles. The lowest BCUT2D eigenvalue weighted by Gasteiger charge is -2.43. The SMILES string of the molecule is CC(=O)CCCCOC1OC(CO)C(OI)C(O)C1NC(C)=O. The number of hydrogen-bond acceptors (Lipinski definition) is 7. The third-order valence-corrected chi connectivity index (χ3v) is 4.12. The van der Waals surface area contributed by atoms with Gasteiger partial charge in [-0.25, -0.2) is 0 Å². The summed E-state index contributed by atoms with van der Waals surface area (Å²) >= 11 is 1.62. The molecular weight excluding hydrogens is 421 g/mol. The van der Waals surface area contributed by atoms with E-state index >= 15 is 0 Å². The van der Waals surface area contributed by atoms with E-state index in [2.05, 4.69) is 5.32 Å². The zero-order chi connectivity index (χ0) is 17.4. The van der Waals surface area contributed by atoms with E-state index in [1.54, 1.807) is 23.0 Å². The molecule has 5 atom stereocenters. The second-order valence-electron chi connectivity index (χ2n) is 5.53.